The number of imidazole rings is 1. The number of nitrogens with zero attached hydrogens (tertiary/aromatic N) is 1. The normalized spacial score (nSPS) is 17.9. The maximum absolute atomic E-state index is 11.8. The van der Waals surface area contributed by atoms with Gasteiger partial charge in [-0.05, 0) is 50.4 Å². The Morgan fingerprint density at radius 2 is 2.27 bits per heavy atom. The molecule has 0 radical (unpaired) electrons. The minimum Gasteiger partial charge on any atom is -0.356 e. The SMILES string of the molecule is O=C(CCC1CCNC1)NCCCc1nc2ccccc2[nH]1. The van der Waals surface area contributed by atoms with Crippen molar-refractivity contribution in [3.05, 3.63) is 30.1 Å². The van der Waals surface area contributed by atoms with Crippen LogP contribution < -0.4 is 10.6 Å². The van der Waals surface area contributed by atoms with E-state index >= 15 is 0 Å². The van der Waals surface area contributed by atoms with Gasteiger partial charge in [-0.2, -0.15) is 0 Å². The molecule has 22 heavy (non-hydrogen) atoms. The van der Waals surface area contributed by atoms with E-state index in [1.807, 2.05) is 24.3 Å². The third-order valence-electron chi connectivity index (χ3n) is 4.29. The van der Waals surface area contributed by atoms with Gasteiger partial charge in [-0.15, -0.1) is 0 Å². The van der Waals surface area contributed by atoms with E-state index in [1.54, 1.807) is 0 Å². The third kappa shape index (κ3) is 4.07. The van der Waals surface area contributed by atoms with Gasteiger partial charge in [-0.25, -0.2) is 4.98 Å². The highest BCUT2D eigenvalue weighted by atomic mass is 16.1. The van der Waals surface area contributed by atoms with Gasteiger partial charge in [0, 0.05) is 19.4 Å². The summed E-state index contributed by atoms with van der Waals surface area (Å²) in [5.74, 6) is 1.85. The van der Waals surface area contributed by atoms with Gasteiger partial charge >= 0.3 is 0 Å². The summed E-state index contributed by atoms with van der Waals surface area (Å²) in [7, 11) is 0. The fourth-order valence-corrected chi connectivity index (χ4v) is 2.99. The molecule has 1 saturated heterocycles. The number of carbonyl (C=O) groups excluding carboxylic acids is 1. The molecule has 0 saturated carbocycles. The van der Waals surface area contributed by atoms with Crippen LogP contribution in [0, 0.1) is 5.92 Å². The van der Waals surface area contributed by atoms with Crippen LogP contribution in [0.4, 0.5) is 0 Å². The average Bonchev–Trinajstić information content (AvgIpc) is 3.18. The molecule has 5 heteroatoms. The standard InChI is InChI=1S/C17H24N4O/c22-17(8-7-13-9-11-18-12-13)19-10-3-6-16-20-14-4-1-2-5-15(14)21-16/h1-2,4-5,13,18H,3,6-12H2,(H,19,22)(H,20,21). The Kier molecular flexibility index (Phi) is 5.06. The molecule has 1 aromatic heterocycles. The molecular weight excluding hydrogens is 276 g/mol. The first-order valence-electron chi connectivity index (χ1n) is 8.22. The van der Waals surface area contributed by atoms with Crippen molar-refractivity contribution in [2.45, 2.75) is 32.1 Å². The maximum atomic E-state index is 11.8. The van der Waals surface area contributed by atoms with Crippen molar-refractivity contribution in [3.63, 3.8) is 0 Å². The Morgan fingerprint density at radius 1 is 1.36 bits per heavy atom. The largest absolute Gasteiger partial charge is 0.356 e. The van der Waals surface area contributed by atoms with Crippen LogP contribution in [0.1, 0.15) is 31.5 Å². The first kappa shape index (κ1) is 15.0. The van der Waals surface area contributed by atoms with Gasteiger partial charge in [0.2, 0.25) is 5.91 Å². The van der Waals surface area contributed by atoms with Crippen LogP contribution >= 0.6 is 0 Å². The summed E-state index contributed by atoms with van der Waals surface area (Å²) in [4.78, 5) is 19.7. The molecule has 3 N–H and O–H groups in total. The van der Waals surface area contributed by atoms with Crippen molar-refractivity contribution in [3.8, 4) is 0 Å². The zero-order chi connectivity index (χ0) is 15.2. The van der Waals surface area contributed by atoms with Crippen LogP contribution in [-0.4, -0.2) is 35.5 Å². The van der Waals surface area contributed by atoms with Crippen LogP contribution in [-0.2, 0) is 11.2 Å². The van der Waals surface area contributed by atoms with Crippen molar-refractivity contribution in [2.24, 2.45) is 5.92 Å². The van der Waals surface area contributed by atoms with E-state index in [0.717, 1.165) is 55.8 Å². The number of aromatic nitrogens is 2. The molecule has 1 atom stereocenters. The lowest BCUT2D eigenvalue weighted by atomic mass is 10.0. The first-order chi connectivity index (χ1) is 10.8. The van der Waals surface area contributed by atoms with E-state index in [9.17, 15) is 4.79 Å². The summed E-state index contributed by atoms with van der Waals surface area (Å²) in [5.41, 5.74) is 2.08. The van der Waals surface area contributed by atoms with Crippen LogP contribution in [0.25, 0.3) is 11.0 Å². The van der Waals surface area contributed by atoms with Crippen molar-refractivity contribution >= 4 is 16.9 Å². The van der Waals surface area contributed by atoms with Gasteiger partial charge in [0.1, 0.15) is 5.82 Å². The van der Waals surface area contributed by atoms with E-state index in [4.69, 9.17) is 0 Å². The molecule has 1 amide bonds. The van der Waals surface area contributed by atoms with E-state index < -0.39 is 0 Å². The van der Waals surface area contributed by atoms with Crippen molar-refractivity contribution in [1.29, 1.82) is 0 Å². The van der Waals surface area contributed by atoms with Crippen LogP contribution in [0.2, 0.25) is 0 Å². The summed E-state index contributed by atoms with van der Waals surface area (Å²) in [5, 5.41) is 6.34. The Balaban J connectivity index is 1.33. The van der Waals surface area contributed by atoms with Crippen LogP contribution in [0.5, 0.6) is 0 Å². The predicted molar refractivity (Wildman–Crippen MR) is 87.6 cm³/mol. The minimum atomic E-state index is 0.177. The number of hydrogen-bond donors (Lipinski definition) is 3. The number of carbonyl (C=O) groups is 1. The van der Waals surface area contributed by atoms with Crippen LogP contribution in [0.15, 0.2) is 24.3 Å². The summed E-state index contributed by atoms with van der Waals surface area (Å²) in [6.45, 7) is 2.89. The molecule has 1 aromatic carbocycles. The van der Waals surface area contributed by atoms with Crippen LogP contribution in [0.3, 0.4) is 0 Å². The molecule has 3 rings (SSSR count). The number of rotatable bonds is 7. The lowest BCUT2D eigenvalue weighted by Gasteiger charge is -2.08. The van der Waals surface area contributed by atoms with E-state index in [1.165, 1.54) is 6.42 Å². The smallest absolute Gasteiger partial charge is 0.220 e. The topological polar surface area (TPSA) is 69.8 Å². The number of fused-ring (bicyclic) bond motifs is 1. The van der Waals surface area contributed by atoms with E-state index in [0.29, 0.717) is 12.3 Å². The molecule has 0 spiro atoms. The van der Waals surface area contributed by atoms with Gasteiger partial charge in [0.15, 0.2) is 0 Å². The molecule has 1 fully saturated rings. The summed E-state index contributed by atoms with van der Waals surface area (Å²) < 4.78 is 0. The van der Waals surface area contributed by atoms with Gasteiger partial charge in [0.05, 0.1) is 11.0 Å². The maximum Gasteiger partial charge on any atom is 0.220 e. The lowest BCUT2D eigenvalue weighted by Crippen LogP contribution is -2.25. The monoisotopic (exact) mass is 300 g/mol. The molecule has 1 aliphatic heterocycles. The summed E-state index contributed by atoms with van der Waals surface area (Å²) in [6.07, 6.45) is 4.64. The highest BCUT2D eigenvalue weighted by Gasteiger charge is 2.15. The number of amides is 1. The minimum absolute atomic E-state index is 0.177. The molecule has 2 heterocycles. The highest BCUT2D eigenvalue weighted by Crippen LogP contribution is 2.14. The Morgan fingerprint density at radius 3 is 3.09 bits per heavy atom. The van der Waals surface area contributed by atoms with Gasteiger partial charge in [0.25, 0.3) is 0 Å². The van der Waals surface area contributed by atoms with Gasteiger partial charge < -0.3 is 15.6 Å². The highest BCUT2D eigenvalue weighted by molar-refractivity contribution is 5.76. The molecule has 5 nitrogen and oxygen atoms in total. The fourth-order valence-electron chi connectivity index (χ4n) is 2.99. The molecule has 0 aliphatic carbocycles. The molecular formula is C17H24N4O. The molecule has 1 unspecified atom stereocenters. The average molecular weight is 300 g/mol. The first-order valence-corrected chi connectivity index (χ1v) is 8.22. The zero-order valence-corrected chi connectivity index (χ0v) is 12.9. The Bertz CT molecular complexity index is 583. The van der Waals surface area contributed by atoms with E-state index in [-0.39, 0.29) is 5.91 Å². The molecule has 118 valence electrons. The Labute approximate surface area is 130 Å². The number of benzene rings is 1. The molecule has 2 aromatic rings. The molecule has 0 bridgehead atoms. The van der Waals surface area contributed by atoms with Crippen molar-refractivity contribution < 1.29 is 4.79 Å². The second-order valence-corrected chi connectivity index (χ2v) is 6.05. The number of nitrogens with one attached hydrogen (secondary N) is 3. The third-order valence-corrected chi connectivity index (χ3v) is 4.29. The van der Waals surface area contributed by atoms with Gasteiger partial charge in [-0.1, -0.05) is 12.1 Å². The predicted octanol–water partition coefficient (Wildman–Crippen LogP) is 2.00. The number of aryl methyl sites for hydroxylation is 1. The number of H-pyrrole nitrogens is 1. The number of para-hydroxylation sites is 2. The van der Waals surface area contributed by atoms with Crippen molar-refractivity contribution in [1.82, 2.24) is 20.6 Å². The van der Waals surface area contributed by atoms with Gasteiger partial charge in [-0.3, -0.25) is 4.79 Å². The fraction of sp³-hybridized carbons (Fsp3) is 0.529. The number of aromatic amines is 1. The second kappa shape index (κ2) is 7.40. The molecule has 1 aliphatic rings. The zero-order valence-electron chi connectivity index (χ0n) is 12.9. The lowest BCUT2D eigenvalue weighted by molar-refractivity contribution is -0.121. The summed E-state index contributed by atoms with van der Waals surface area (Å²) in [6, 6.07) is 8.04. The van der Waals surface area contributed by atoms with E-state index in [2.05, 4.69) is 20.6 Å². The Hall–Kier alpha value is -1.88. The summed E-state index contributed by atoms with van der Waals surface area (Å²) >= 11 is 0. The van der Waals surface area contributed by atoms with Crippen molar-refractivity contribution in [2.75, 3.05) is 19.6 Å². The number of hydrogen-bond acceptors (Lipinski definition) is 3. The second-order valence-electron chi connectivity index (χ2n) is 6.05. The quantitative estimate of drug-likeness (QED) is 0.685.